The monoisotopic (exact) mass is 338 g/mol. The van der Waals surface area contributed by atoms with Gasteiger partial charge in [0.25, 0.3) is 0 Å². The SMILES string of the molecule is CC(C)(C)[C@H](NC(=O)N1CCSCC1S(C)(=O)=O)C(=O)O. The van der Waals surface area contributed by atoms with E-state index in [-0.39, 0.29) is 6.54 Å². The molecule has 7 nitrogen and oxygen atoms in total. The van der Waals surface area contributed by atoms with Gasteiger partial charge in [0.2, 0.25) is 0 Å². The molecule has 0 spiro atoms. The summed E-state index contributed by atoms with van der Waals surface area (Å²) >= 11 is 1.46. The molecule has 1 aliphatic rings. The van der Waals surface area contributed by atoms with Gasteiger partial charge in [-0.3, -0.25) is 0 Å². The molecule has 2 N–H and O–H groups in total. The van der Waals surface area contributed by atoms with Gasteiger partial charge in [-0.05, 0) is 5.41 Å². The van der Waals surface area contributed by atoms with Crippen molar-refractivity contribution in [3.63, 3.8) is 0 Å². The number of carbonyl (C=O) groups is 2. The summed E-state index contributed by atoms with van der Waals surface area (Å²) in [6.45, 7) is 5.38. The molecule has 2 amide bonds. The van der Waals surface area contributed by atoms with E-state index in [4.69, 9.17) is 0 Å². The third-order valence-corrected chi connectivity index (χ3v) is 5.86. The van der Waals surface area contributed by atoms with Crippen LogP contribution in [-0.2, 0) is 14.6 Å². The van der Waals surface area contributed by atoms with E-state index in [1.54, 1.807) is 20.8 Å². The van der Waals surface area contributed by atoms with Gasteiger partial charge in [-0.15, -0.1) is 0 Å². The summed E-state index contributed by atoms with van der Waals surface area (Å²) in [6, 6.07) is -1.73. The maximum atomic E-state index is 12.3. The Morgan fingerprint density at radius 2 is 1.95 bits per heavy atom. The lowest BCUT2D eigenvalue weighted by molar-refractivity contribution is -0.142. The van der Waals surface area contributed by atoms with Crippen molar-refractivity contribution in [2.75, 3.05) is 24.3 Å². The Hall–Kier alpha value is -0.960. The molecule has 2 atom stereocenters. The van der Waals surface area contributed by atoms with E-state index in [0.717, 1.165) is 6.26 Å². The van der Waals surface area contributed by atoms with Gasteiger partial charge < -0.3 is 15.3 Å². The van der Waals surface area contributed by atoms with Crippen LogP contribution in [0.1, 0.15) is 20.8 Å². The Labute approximate surface area is 129 Å². The number of carboxylic acid groups (broad SMARTS) is 1. The smallest absolute Gasteiger partial charge is 0.326 e. The number of hydrogen-bond acceptors (Lipinski definition) is 5. The molecule has 1 heterocycles. The molecule has 1 aliphatic heterocycles. The number of carboxylic acids is 1. The number of nitrogens with one attached hydrogen (secondary N) is 1. The van der Waals surface area contributed by atoms with E-state index in [2.05, 4.69) is 5.32 Å². The molecular formula is C12H22N2O5S2. The van der Waals surface area contributed by atoms with Gasteiger partial charge >= 0.3 is 12.0 Å². The molecule has 0 bridgehead atoms. The second-order valence-electron chi connectivity index (χ2n) is 6.14. The van der Waals surface area contributed by atoms with Crippen molar-refractivity contribution in [3.8, 4) is 0 Å². The topological polar surface area (TPSA) is 104 Å². The zero-order valence-corrected chi connectivity index (χ0v) is 14.3. The van der Waals surface area contributed by atoms with Crippen molar-refractivity contribution in [1.82, 2.24) is 10.2 Å². The van der Waals surface area contributed by atoms with Gasteiger partial charge in [0.15, 0.2) is 9.84 Å². The van der Waals surface area contributed by atoms with Crippen LogP contribution in [-0.4, -0.2) is 66.1 Å². The van der Waals surface area contributed by atoms with Crippen LogP contribution in [0.4, 0.5) is 4.79 Å². The van der Waals surface area contributed by atoms with Crippen LogP contribution in [0, 0.1) is 5.41 Å². The second kappa shape index (κ2) is 6.43. The summed E-state index contributed by atoms with van der Waals surface area (Å²) < 4.78 is 23.5. The first-order valence-electron chi connectivity index (χ1n) is 6.51. The molecule has 0 aliphatic carbocycles. The minimum Gasteiger partial charge on any atom is -0.480 e. The number of aliphatic carboxylic acids is 1. The summed E-state index contributed by atoms with van der Waals surface area (Å²) in [5.41, 5.74) is -0.674. The lowest BCUT2D eigenvalue weighted by Crippen LogP contribution is -2.58. The fourth-order valence-electron chi connectivity index (χ4n) is 2.02. The largest absolute Gasteiger partial charge is 0.480 e. The quantitative estimate of drug-likeness (QED) is 0.781. The van der Waals surface area contributed by atoms with Crippen molar-refractivity contribution in [2.24, 2.45) is 5.41 Å². The number of nitrogens with zero attached hydrogens (tertiary/aromatic N) is 1. The van der Waals surface area contributed by atoms with E-state index in [0.29, 0.717) is 11.5 Å². The van der Waals surface area contributed by atoms with Crippen LogP contribution < -0.4 is 5.32 Å². The third kappa shape index (κ3) is 4.77. The van der Waals surface area contributed by atoms with Crippen LogP contribution in [0.25, 0.3) is 0 Å². The molecule has 1 rings (SSSR count). The highest BCUT2D eigenvalue weighted by atomic mass is 32.2. The van der Waals surface area contributed by atoms with Gasteiger partial charge in [0, 0.05) is 24.3 Å². The Balaban J connectivity index is 2.92. The normalized spacial score (nSPS) is 21.7. The van der Waals surface area contributed by atoms with Crippen molar-refractivity contribution in [1.29, 1.82) is 0 Å². The van der Waals surface area contributed by atoms with Crippen LogP contribution in [0.15, 0.2) is 0 Å². The molecular weight excluding hydrogens is 316 g/mol. The maximum absolute atomic E-state index is 12.3. The van der Waals surface area contributed by atoms with Gasteiger partial charge in [-0.1, -0.05) is 20.8 Å². The van der Waals surface area contributed by atoms with Gasteiger partial charge in [0.1, 0.15) is 11.4 Å². The molecule has 1 unspecified atom stereocenters. The number of amides is 2. The van der Waals surface area contributed by atoms with Gasteiger partial charge in [-0.25, -0.2) is 18.0 Å². The predicted molar refractivity (Wildman–Crippen MR) is 82.1 cm³/mol. The minimum atomic E-state index is -3.41. The highest BCUT2D eigenvalue weighted by Gasteiger charge is 2.38. The second-order valence-corrected chi connectivity index (χ2v) is 9.49. The van der Waals surface area contributed by atoms with Crippen LogP contribution in [0.5, 0.6) is 0 Å². The molecule has 0 aromatic heterocycles. The molecule has 0 aromatic carbocycles. The lowest BCUT2D eigenvalue weighted by atomic mass is 9.87. The number of urea groups is 1. The summed E-state index contributed by atoms with van der Waals surface area (Å²) in [6.07, 6.45) is 1.09. The minimum absolute atomic E-state index is 0.282. The number of thioether (sulfide) groups is 1. The van der Waals surface area contributed by atoms with E-state index in [9.17, 15) is 23.1 Å². The Kier molecular flexibility index (Phi) is 5.54. The zero-order valence-electron chi connectivity index (χ0n) is 12.6. The van der Waals surface area contributed by atoms with Crippen molar-refractivity contribution in [3.05, 3.63) is 0 Å². The highest BCUT2D eigenvalue weighted by Crippen LogP contribution is 2.23. The van der Waals surface area contributed by atoms with Crippen LogP contribution in [0.2, 0.25) is 0 Å². The molecule has 1 fully saturated rings. The fraction of sp³-hybridized carbons (Fsp3) is 0.833. The van der Waals surface area contributed by atoms with E-state index < -0.39 is 38.7 Å². The van der Waals surface area contributed by atoms with Gasteiger partial charge in [-0.2, -0.15) is 11.8 Å². The Morgan fingerprint density at radius 3 is 2.38 bits per heavy atom. The van der Waals surface area contributed by atoms with Crippen molar-refractivity contribution in [2.45, 2.75) is 32.2 Å². The molecule has 0 saturated carbocycles. The first-order chi connectivity index (χ1) is 9.44. The first kappa shape index (κ1) is 18.1. The summed E-state index contributed by atoms with van der Waals surface area (Å²) in [7, 11) is -3.41. The van der Waals surface area contributed by atoms with Crippen LogP contribution >= 0.6 is 11.8 Å². The Bertz CT molecular complexity index is 512. The van der Waals surface area contributed by atoms with E-state index in [1.807, 2.05) is 0 Å². The molecule has 0 radical (unpaired) electrons. The molecule has 122 valence electrons. The van der Waals surface area contributed by atoms with E-state index in [1.165, 1.54) is 16.7 Å². The molecule has 1 saturated heterocycles. The number of sulfone groups is 1. The standard InChI is InChI=1S/C12H22N2O5S2/c1-12(2,3)9(10(15)16)13-11(17)14-5-6-20-7-8(14)21(4,18)19/h8-9H,5-7H2,1-4H3,(H,13,17)(H,15,16)/t8?,9-/m1/s1. The summed E-state index contributed by atoms with van der Waals surface area (Å²) in [5.74, 6) is -0.204. The molecule has 21 heavy (non-hydrogen) atoms. The number of hydrogen-bond donors (Lipinski definition) is 2. The highest BCUT2D eigenvalue weighted by molar-refractivity contribution is 8.00. The average molecular weight is 338 g/mol. The predicted octanol–water partition coefficient (Wildman–Crippen LogP) is 0.615. The molecule has 9 heteroatoms. The zero-order chi connectivity index (χ0) is 16.4. The maximum Gasteiger partial charge on any atom is 0.326 e. The van der Waals surface area contributed by atoms with Gasteiger partial charge in [0.05, 0.1) is 0 Å². The van der Waals surface area contributed by atoms with E-state index >= 15 is 0 Å². The molecule has 0 aromatic rings. The fourth-order valence-corrected chi connectivity index (χ4v) is 4.84. The first-order valence-corrected chi connectivity index (χ1v) is 9.62. The summed E-state index contributed by atoms with van der Waals surface area (Å²) in [5, 5.41) is 10.8. The van der Waals surface area contributed by atoms with Crippen LogP contribution in [0.3, 0.4) is 0 Å². The lowest BCUT2D eigenvalue weighted by Gasteiger charge is -2.36. The van der Waals surface area contributed by atoms with Crippen molar-refractivity contribution < 1.29 is 23.1 Å². The number of rotatable bonds is 3. The average Bonchev–Trinajstić information content (AvgIpc) is 2.32. The summed E-state index contributed by atoms with van der Waals surface area (Å²) in [4.78, 5) is 24.8. The van der Waals surface area contributed by atoms with Crippen molar-refractivity contribution >= 4 is 33.6 Å². The Morgan fingerprint density at radius 1 is 1.38 bits per heavy atom. The third-order valence-electron chi connectivity index (χ3n) is 3.22. The number of carbonyl (C=O) groups excluding carboxylic acids is 1.